The Bertz CT molecular complexity index is 807. The lowest BCUT2D eigenvalue weighted by molar-refractivity contribution is -0.154. The minimum Gasteiger partial charge on any atom is -0.493 e. The van der Waals surface area contributed by atoms with Crippen molar-refractivity contribution in [3.8, 4) is 11.5 Å². The highest BCUT2D eigenvalue weighted by Crippen LogP contribution is 2.31. The lowest BCUT2D eigenvalue weighted by Crippen LogP contribution is -2.35. The monoisotopic (exact) mass is 389 g/mol. The van der Waals surface area contributed by atoms with E-state index in [4.69, 9.17) is 14.2 Å². The minimum atomic E-state index is -0.930. The summed E-state index contributed by atoms with van der Waals surface area (Å²) in [6, 6.07) is 11.2. The number of ether oxygens (including phenoxy) is 3. The number of benzene rings is 2. The Labute approximate surface area is 163 Å². The molecule has 2 rings (SSSR count). The molecule has 0 spiro atoms. The Morgan fingerprint density at radius 3 is 2.43 bits per heavy atom. The highest BCUT2D eigenvalue weighted by molar-refractivity contribution is 5.83. The number of esters is 1. The van der Waals surface area contributed by atoms with E-state index in [0.29, 0.717) is 17.9 Å². The molecule has 7 heteroatoms. The fourth-order valence-electron chi connectivity index (χ4n) is 2.63. The summed E-state index contributed by atoms with van der Waals surface area (Å²) in [6.45, 7) is 1.73. The summed E-state index contributed by atoms with van der Waals surface area (Å²) in [5.41, 5.74) is 1.56. The molecule has 0 aliphatic rings. The van der Waals surface area contributed by atoms with Crippen LogP contribution in [0.4, 0.5) is 4.39 Å². The van der Waals surface area contributed by atoms with Crippen molar-refractivity contribution in [2.75, 3.05) is 14.2 Å². The van der Waals surface area contributed by atoms with Crippen LogP contribution in [-0.4, -0.2) is 32.2 Å². The molecule has 2 aromatic rings. The van der Waals surface area contributed by atoms with Crippen molar-refractivity contribution < 1.29 is 28.2 Å². The molecule has 28 heavy (non-hydrogen) atoms. The second-order valence-corrected chi connectivity index (χ2v) is 6.13. The molecule has 150 valence electrons. The standard InChI is InChI=1S/C21H24FNO5/c1-14(21(25)23-13-15-7-10-17(22)11-8-15)28-19(24)12-9-16-5-4-6-18(26-2)20(16)27-3/h4-8,10-11,14H,9,12-13H2,1-3H3,(H,23,25)/t14-/m1/s1. The van der Waals surface area contributed by atoms with Gasteiger partial charge in [0.15, 0.2) is 17.6 Å². The predicted molar refractivity (Wildman–Crippen MR) is 102 cm³/mol. The highest BCUT2D eigenvalue weighted by Gasteiger charge is 2.18. The number of amides is 1. The number of carbonyl (C=O) groups excluding carboxylic acids is 2. The molecular formula is C21H24FNO5. The van der Waals surface area contributed by atoms with E-state index in [1.54, 1.807) is 25.3 Å². The van der Waals surface area contributed by atoms with Crippen LogP contribution in [0, 0.1) is 5.82 Å². The summed E-state index contributed by atoms with van der Waals surface area (Å²) in [5.74, 6) is -0.0965. The van der Waals surface area contributed by atoms with Crippen molar-refractivity contribution in [1.82, 2.24) is 5.32 Å². The van der Waals surface area contributed by atoms with Gasteiger partial charge in [-0.15, -0.1) is 0 Å². The summed E-state index contributed by atoms with van der Waals surface area (Å²) in [6.07, 6.45) is -0.442. The van der Waals surface area contributed by atoms with Crippen molar-refractivity contribution in [2.45, 2.75) is 32.4 Å². The lowest BCUT2D eigenvalue weighted by atomic mass is 10.1. The largest absolute Gasteiger partial charge is 0.493 e. The van der Waals surface area contributed by atoms with Gasteiger partial charge >= 0.3 is 5.97 Å². The van der Waals surface area contributed by atoms with Crippen LogP contribution in [0.3, 0.4) is 0 Å². The Balaban J connectivity index is 1.82. The van der Waals surface area contributed by atoms with Crippen molar-refractivity contribution in [1.29, 1.82) is 0 Å². The maximum atomic E-state index is 12.9. The third-order valence-corrected chi connectivity index (χ3v) is 4.14. The van der Waals surface area contributed by atoms with Gasteiger partial charge in [0.1, 0.15) is 5.82 Å². The molecule has 1 amide bonds. The summed E-state index contributed by atoms with van der Waals surface area (Å²) >= 11 is 0. The van der Waals surface area contributed by atoms with Crippen LogP contribution in [-0.2, 0) is 27.3 Å². The number of rotatable bonds is 9. The summed E-state index contributed by atoms with van der Waals surface area (Å²) in [5, 5.41) is 2.66. The molecular weight excluding hydrogens is 365 g/mol. The topological polar surface area (TPSA) is 73.9 Å². The van der Waals surface area contributed by atoms with Crippen LogP contribution >= 0.6 is 0 Å². The number of aryl methyl sites for hydroxylation is 1. The van der Waals surface area contributed by atoms with E-state index in [-0.39, 0.29) is 18.8 Å². The number of methoxy groups -OCH3 is 2. The van der Waals surface area contributed by atoms with Gasteiger partial charge in [0.2, 0.25) is 0 Å². The molecule has 0 heterocycles. The Hall–Kier alpha value is -3.09. The molecule has 1 N–H and O–H groups in total. The van der Waals surface area contributed by atoms with Gasteiger partial charge in [0.05, 0.1) is 14.2 Å². The summed E-state index contributed by atoms with van der Waals surface area (Å²) in [4.78, 5) is 24.2. The first-order chi connectivity index (χ1) is 13.4. The van der Waals surface area contributed by atoms with Crippen LogP contribution in [0.15, 0.2) is 42.5 Å². The van der Waals surface area contributed by atoms with Crippen molar-refractivity contribution >= 4 is 11.9 Å². The van der Waals surface area contributed by atoms with Crippen molar-refractivity contribution in [3.63, 3.8) is 0 Å². The maximum absolute atomic E-state index is 12.9. The van der Waals surface area contributed by atoms with Crippen LogP contribution in [0.5, 0.6) is 11.5 Å². The zero-order valence-electron chi connectivity index (χ0n) is 16.2. The van der Waals surface area contributed by atoms with Gasteiger partial charge in [-0.25, -0.2) is 4.39 Å². The molecule has 2 aromatic carbocycles. The van der Waals surface area contributed by atoms with E-state index >= 15 is 0 Å². The molecule has 0 saturated carbocycles. The number of carbonyl (C=O) groups is 2. The zero-order chi connectivity index (χ0) is 20.5. The number of halogens is 1. The first-order valence-electron chi connectivity index (χ1n) is 8.86. The Morgan fingerprint density at radius 1 is 1.07 bits per heavy atom. The predicted octanol–water partition coefficient (Wildman–Crippen LogP) is 3.02. The molecule has 0 aliphatic carbocycles. The molecule has 0 saturated heterocycles. The van der Waals surface area contributed by atoms with Gasteiger partial charge in [0, 0.05) is 13.0 Å². The van der Waals surface area contributed by atoms with Gasteiger partial charge in [-0.2, -0.15) is 0 Å². The van der Waals surface area contributed by atoms with E-state index in [0.717, 1.165) is 11.1 Å². The van der Waals surface area contributed by atoms with Gasteiger partial charge < -0.3 is 19.5 Å². The van der Waals surface area contributed by atoms with E-state index in [9.17, 15) is 14.0 Å². The molecule has 6 nitrogen and oxygen atoms in total. The first kappa shape index (κ1) is 21.2. The smallest absolute Gasteiger partial charge is 0.306 e. The van der Waals surface area contributed by atoms with Crippen molar-refractivity contribution in [2.24, 2.45) is 0 Å². The fourth-order valence-corrected chi connectivity index (χ4v) is 2.63. The quantitative estimate of drug-likeness (QED) is 0.668. The number of hydrogen-bond acceptors (Lipinski definition) is 5. The van der Waals surface area contributed by atoms with Crippen LogP contribution in [0.2, 0.25) is 0 Å². The van der Waals surface area contributed by atoms with E-state index in [1.165, 1.54) is 26.2 Å². The number of nitrogens with one attached hydrogen (secondary N) is 1. The van der Waals surface area contributed by atoms with Gasteiger partial charge in [-0.3, -0.25) is 9.59 Å². The number of hydrogen-bond donors (Lipinski definition) is 1. The molecule has 1 atom stereocenters. The summed E-state index contributed by atoms with van der Waals surface area (Å²) < 4.78 is 28.6. The Morgan fingerprint density at radius 2 is 1.79 bits per heavy atom. The van der Waals surface area contributed by atoms with Gasteiger partial charge in [0.25, 0.3) is 5.91 Å². The first-order valence-corrected chi connectivity index (χ1v) is 8.86. The van der Waals surface area contributed by atoms with E-state index in [1.807, 2.05) is 12.1 Å². The molecule has 0 aliphatic heterocycles. The molecule has 0 fully saturated rings. The minimum absolute atomic E-state index is 0.0963. The zero-order valence-corrected chi connectivity index (χ0v) is 16.2. The van der Waals surface area contributed by atoms with Crippen LogP contribution in [0.1, 0.15) is 24.5 Å². The Kier molecular flexibility index (Phi) is 7.80. The van der Waals surface area contributed by atoms with E-state index in [2.05, 4.69) is 5.32 Å². The van der Waals surface area contributed by atoms with Gasteiger partial charge in [-0.1, -0.05) is 24.3 Å². The second kappa shape index (κ2) is 10.3. The average molecular weight is 389 g/mol. The third kappa shape index (κ3) is 5.97. The fraction of sp³-hybridized carbons (Fsp3) is 0.333. The average Bonchev–Trinajstić information content (AvgIpc) is 2.70. The number of para-hydroxylation sites is 1. The van der Waals surface area contributed by atoms with Crippen molar-refractivity contribution in [3.05, 3.63) is 59.4 Å². The summed E-state index contributed by atoms with van der Waals surface area (Å²) in [7, 11) is 3.08. The lowest BCUT2D eigenvalue weighted by Gasteiger charge is -2.15. The maximum Gasteiger partial charge on any atom is 0.306 e. The SMILES string of the molecule is COc1cccc(CCC(=O)O[C@H](C)C(=O)NCc2ccc(F)cc2)c1OC. The normalized spacial score (nSPS) is 11.4. The molecule has 0 aromatic heterocycles. The third-order valence-electron chi connectivity index (χ3n) is 4.14. The second-order valence-electron chi connectivity index (χ2n) is 6.13. The molecule has 0 unspecified atom stereocenters. The molecule has 0 radical (unpaired) electrons. The van der Waals surface area contributed by atoms with E-state index < -0.39 is 18.0 Å². The highest BCUT2D eigenvalue weighted by atomic mass is 19.1. The van der Waals surface area contributed by atoms with Crippen LogP contribution in [0.25, 0.3) is 0 Å². The van der Waals surface area contributed by atoms with Crippen LogP contribution < -0.4 is 14.8 Å². The van der Waals surface area contributed by atoms with Gasteiger partial charge in [-0.05, 0) is 42.7 Å². The molecule has 0 bridgehead atoms.